The van der Waals surface area contributed by atoms with Crippen LogP contribution in [0, 0.1) is 17.0 Å². The summed E-state index contributed by atoms with van der Waals surface area (Å²) in [6.45, 7) is 1.93. The molecule has 0 bridgehead atoms. The Hall–Kier alpha value is -4.85. The van der Waals surface area contributed by atoms with Crippen molar-refractivity contribution in [3.05, 3.63) is 117 Å². The van der Waals surface area contributed by atoms with Crippen molar-refractivity contribution < 1.29 is 24.0 Å². The van der Waals surface area contributed by atoms with E-state index in [1.54, 1.807) is 36.4 Å². The van der Waals surface area contributed by atoms with Gasteiger partial charge in [0.2, 0.25) is 5.90 Å². The number of rotatable bonds is 6. The molecule has 3 aromatic carbocycles. The Balaban J connectivity index is 1.53. The molecule has 0 unspecified atom stereocenters. The minimum atomic E-state index is -0.685. The molecule has 1 heterocycles. The van der Waals surface area contributed by atoms with Gasteiger partial charge < -0.3 is 9.47 Å². The Kier molecular flexibility index (Phi) is 6.40. The van der Waals surface area contributed by atoms with E-state index < -0.39 is 16.9 Å². The molecule has 3 aromatic rings. The summed E-state index contributed by atoms with van der Waals surface area (Å²) in [7, 11) is 0. The minimum absolute atomic E-state index is 0.0761. The van der Waals surface area contributed by atoms with E-state index >= 15 is 0 Å². The molecule has 168 valence electrons. The van der Waals surface area contributed by atoms with Crippen LogP contribution in [0.1, 0.15) is 22.3 Å². The SMILES string of the molecule is Cc1cccc(C2=N/C(=C\c3ccccc3OC(=O)/C=C/c3cccc([N+](=O)[O-])c3)C(=O)O2)c1. The highest BCUT2D eigenvalue weighted by molar-refractivity contribution is 6.13. The first kappa shape index (κ1) is 22.3. The molecular weight excluding hydrogens is 436 g/mol. The molecule has 1 aliphatic heterocycles. The lowest BCUT2D eigenvalue weighted by Crippen LogP contribution is -2.06. The van der Waals surface area contributed by atoms with Gasteiger partial charge in [-0.1, -0.05) is 48.0 Å². The maximum atomic E-state index is 12.3. The molecule has 0 atom stereocenters. The second-order valence-corrected chi connectivity index (χ2v) is 7.35. The van der Waals surface area contributed by atoms with E-state index in [1.807, 2.05) is 25.1 Å². The summed E-state index contributed by atoms with van der Waals surface area (Å²) in [5.41, 5.74) is 2.62. The van der Waals surface area contributed by atoms with Crippen LogP contribution in [0.5, 0.6) is 5.75 Å². The average molecular weight is 454 g/mol. The van der Waals surface area contributed by atoms with E-state index in [0.717, 1.165) is 5.56 Å². The van der Waals surface area contributed by atoms with Gasteiger partial charge in [-0.15, -0.1) is 0 Å². The third kappa shape index (κ3) is 5.31. The van der Waals surface area contributed by atoms with Gasteiger partial charge in [0.1, 0.15) is 5.75 Å². The van der Waals surface area contributed by atoms with Crippen molar-refractivity contribution in [2.75, 3.05) is 0 Å². The molecular formula is C26H18N2O6. The first-order chi connectivity index (χ1) is 16.4. The molecule has 8 nitrogen and oxygen atoms in total. The van der Waals surface area contributed by atoms with Gasteiger partial charge in [0.05, 0.1) is 4.92 Å². The van der Waals surface area contributed by atoms with Gasteiger partial charge in [-0.2, -0.15) is 0 Å². The Morgan fingerprint density at radius 2 is 1.85 bits per heavy atom. The van der Waals surface area contributed by atoms with Gasteiger partial charge in [-0.3, -0.25) is 10.1 Å². The van der Waals surface area contributed by atoms with Gasteiger partial charge >= 0.3 is 11.9 Å². The second kappa shape index (κ2) is 9.74. The van der Waals surface area contributed by atoms with Crippen molar-refractivity contribution >= 4 is 35.7 Å². The third-order valence-corrected chi connectivity index (χ3v) is 4.80. The molecule has 0 spiro atoms. The van der Waals surface area contributed by atoms with Crippen LogP contribution in [-0.4, -0.2) is 22.8 Å². The van der Waals surface area contributed by atoms with Gasteiger partial charge in [-0.05, 0) is 42.8 Å². The lowest BCUT2D eigenvalue weighted by atomic mass is 10.1. The number of nitrogens with zero attached hydrogens (tertiary/aromatic N) is 2. The summed E-state index contributed by atoms with van der Waals surface area (Å²) in [6, 6.07) is 20.0. The number of benzene rings is 3. The second-order valence-electron chi connectivity index (χ2n) is 7.35. The van der Waals surface area contributed by atoms with Crippen LogP contribution in [-0.2, 0) is 14.3 Å². The molecule has 34 heavy (non-hydrogen) atoms. The van der Waals surface area contributed by atoms with E-state index in [1.165, 1.54) is 36.4 Å². The van der Waals surface area contributed by atoms with E-state index in [-0.39, 0.29) is 23.0 Å². The van der Waals surface area contributed by atoms with Gasteiger partial charge in [0.25, 0.3) is 5.69 Å². The molecule has 0 saturated heterocycles. The van der Waals surface area contributed by atoms with E-state index in [9.17, 15) is 19.7 Å². The zero-order chi connectivity index (χ0) is 24.1. The van der Waals surface area contributed by atoms with Crippen LogP contribution in [0.4, 0.5) is 5.69 Å². The number of nitro groups is 1. The molecule has 0 aromatic heterocycles. The number of hydrogen-bond acceptors (Lipinski definition) is 7. The number of ether oxygens (including phenoxy) is 2. The Morgan fingerprint density at radius 1 is 1.06 bits per heavy atom. The smallest absolute Gasteiger partial charge is 0.363 e. The van der Waals surface area contributed by atoms with Crippen LogP contribution in [0.2, 0.25) is 0 Å². The first-order valence-electron chi connectivity index (χ1n) is 10.2. The summed E-state index contributed by atoms with van der Waals surface area (Å²) in [6.07, 6.45) is 4.07. The zero-order valence-corrected chi connectivity index (χ0v) is 18.0. The van der Waals surface area contributed by atoms with Gasteiger partial charge in [-0.25, -0.2) is 14.6 Å². The Morgan fingerprint density at radius 3 is 2.65 bits per heavy atom. The number of non-ortho nitro benzene ring substituents is 1. The van der Waals surface area contributed by atoms with Crippen LogP contribution in [0.25, 0.3) is 12.2 Å². The maximum absolute atomic E-state index is 12.3. The lowest BCUT2D eigenvalue weighted by molar-refractivity contribution is -0.384. The number of aryl methyl sites for hydroxylation is 1. The number of carbonyl (C=O) groups excluding carboxylic acids is 2. The Labute approximate surface area is 194 Å². The largest absolute Gasteiger partial charge is 0.423 e. The molecule has 0 amide bonds. The highest BCUT2D eigenvalue weighted by Gasteiger charge is 2.24. The van der Waals surface area contributed by atoms with Gasteiger partial charge in [0.15, 0.2) is 5.70 Å². The molecule has 8 heteroatoms. The lowest BCUT2D eigenvalue weighted by Gasteiger charge is -2.05. The third-order valence-electron chi connectivity index (χ3n) is 4.80. The van der Waals surface area contributed by atoms with Crippen molar-refractivity contribution in [2.24, 2.45) is 4.99 Å². The number of esters is 2. The predicted octanol–water partition coefficient (Wildman–Crippen LogP) is 4.87. The van der Waals surface area contributed by atoms with Crippen LogP contribution < -0.4 is 4.74 Å². The molecule has 0 fully saturated rings. The monoisotopic (exact) mass is 454 g/mol. The highest BCUT2D eigenvalue weighted by atomic mass is 16.6. The van der Waals surface area contributed by atoms with Crippen molar-refractivity contribution in [3.8, 4) is 5.75 Å². The topological polar surface area (TPSA) is 108 Å². The quantitative estimate of drug-likeness (QED) is 0.173. The first-order valence-corrected chi connectivity index (χ1v) is 10.2. The summed E-state index contributed by atoms with van der Waals surface area (Å²) in [4.78, 5) is 39.4. The maximum Gasteiger partial charge on any atom is 0.363 e. The predicted molar refractivity (Wildman–Crippen MR) is 126 cm³/mol. The summed E-state index contributed by atoms with van der Waals surface area (Å²) in [5, 5.41) is 10.9. The average Bonchev–Trinajstić information content (AvgIpc) is 3.19. The summed E-state index contributed by atoms with van der Waals surface area (Å²) in [5.74, 6) is -0.872. The van der Waals surface area contributed by atoms with Crippen LogP contribution in [0.3, 0.4) is 0 Å². The summed E-state index contributed by atoms with van der Waals surface area (Å²) >= 11 is 0. The number of hydrogen-bond donors (Lipinski definition) is 0. The van der Waals surface area contributed by atoms with Crippen LogP contribution >= 0.6 is 0 Å². The molecule has 0 saturated carbocycles. The molecule has 0 aliphatic carbocycles. The van der Waals surface area contributed by atoms with Crippen molar-refractivity contribution in [2.45, 2.75) is 6.92 Å². The fourth-order valence-electron chi connectivity index (χ4n) is 3.20. The highest BCUT2D eigenvalue weighted by Crippen LogP contribution is 2.25. The Bertz CT molecular complexity index is 1390. The number of aliphatic imine (C=N–C) groups is 1. The van der Waals surface area contributed by atoms with Crippen molar-refractivity contribution in [3.63, 3.8) is 0 Å². The van der Waals surface area contributed by atoms with Gasteiger partial charge in [0, 0.05) is 29.3 Å². The van der Waals surface area contributed by atoms with E-state index in [0.29, 0.717) is 16.7 Å². The zero-order valence-electron chi connectivity index (χ0n) is 18.0. The number of para-hydroxylation sites is 1. The molecule has 0 N–H and O–H groups in total. The fraction of sp³-hybridized carbons (Fsp3) is 0.0385. The van der Waals surface area contributed by atoms with Crippen LogP contribution in [0.15, 0.2) is 89.6 Å². The molecule has 4 rings (SSSR count). The fourth-order valence-corrected chi connectivity index (χ4v) is 3.20. The van der Waals surface area contributed by atoms with Crippen molar-refractivity contribution in [1.82, 2.24) is 0 Å². The normalized spacial score (nSPS) is 14.2. The molecule has 0 radical (unpaired) electrons. The summed E-state index contributed by atoms with van der Waals surface area (Å²) < 4.78 is 10.7. The molecule has 1 aliphatic rings. The minimum Gasteiger partial charge on any atom is -0.423 e. The van der Waals surface area contributed by atoms with E-state index in [4.69, 9.17) is 9.47 Å². The standard InChI is InChI=1S/C26H18N2O6/c1-17-6-4-9-20(14-17)25-27-22(26(30)34-25)16-19-8-2-3-11-23(19)33-24(29)13-12-18-7-5-10-21(15-18)28(31)32/h2-16H,1H3/b13-12+,22-16-. The number of carbonyl (C=O) groups is 2. The number of nitro benzene ring substituents is 1. The van der Waals surface area contributed by atoms with E-state index in [2.05, 4.69) is 4.99 Å². The number of cyclic esters (lactones) is 1. The van der Waals surface area contributed by atoms with Crippen molar-refractivity contribution in [1.29, 1.82) is 0 Å².